The van der Waals surface area contributed by atoms with Gasteiger partial charge in [-0.3, -0.25) is 0 Å². The Hall–Kier alpha value is -2.51. The van der Waals surface area contributed by atoms with Crippen LogP contribution in [0.2, 0.25) is 5.02 Å². The molecule has 4 nitrogen and oxygen atoms in total. The minimum Gasteiger partial charge on any atom is -0.478 e. The highest BCUT2D eigenvalue weighted by Crippen LogP contribution is 2.21. The summed E-state index contributed by atoms with van der Waals surface area (Å²) < 4.78 is 0. The summed E-state index contributed by atoms with van der Waals surface area (Å²) in [7, 11) is 0. The summed E-state index contributed by atoms with van der Waals surface area (Å²) in [5.74, 6) is -0.953. The van der Waals surface area contributed by atoms with Gasteiger partial charge in [-0.05, 0) is 35.9 Å². The Morgan fingerprint density at radius 2 is 1.95 bits per heavy atom. The lowest BCUT2D eigenvalue weighted by Crippen LogP contribution is -2.02. The molecule has 0 spiro atoms. The van der Waals surface area contributed by atoms with Gasteiger partial charge in [0.05, 0.1) is 16.8 Å². The van der Waals surface area contributed by atoms with E-state index in [1.807, 2.05) is 0 Å². The lowest BCUT2D eigenvalue weighted by molar-refractivity contribution is 0.0697. The second-order valence-electron chi connectivity index (χ2n) is 4.16. The van der Waals surface area contributed by atoms with Crippen LogP contribution >= 0.6 is 11.6 Å². The molecule has 2 aromatic rings. The lowest BCUT2D eigenvalue weighted by Gasteiger charge is -2.09. The molecule has 0 saturated heterocycles. The Balaban J connectivity index is 2.11. The first-order valence-electron chi connectivity index (χ1n) is 5.86. The van der Waals surface area contributed by atoms with Crippen molar-refractivity contribution in [3.05, 3.63) is 64.2 Å². The van der Waals surface area contributed by atoms with Crippen LogP contribution in [-0.2, 0) is 6.54 Å². The number of nitrogens with zero attached hydrogens (tertiary/aromatic N) is 1. The molecular weight excluding hydrogens is 276 g/mol. The number of hydrogen-bond acceptors (Lipinski definition) is 3. The average molecular weight is 287 g/mol. The zero-order chi connectivity index (χ0) is 14.5. The van der Waals surface area contributed by atoms with E-state index in [9.17, 15) is 4.79 Å². The van der Waals surface area contributed by atoms with Crippen molar-refractivity contribution in [2.24, 2.45) is 0 Å². The Bertz CT molecular complexity index is 675. The normalized spacial score (nSPS) is 9.80. The lowest BCUT2D eigenvalue weighted by atomic mass is 10.1. The van der Waals surface area contributed by atoms with Gasteiger partial charge in [-0.2, -0.15) is 5.26 Å². The summed E-state index contributed by atoms with van der Waals surface area (Å²) in [6.07, 6.45) is 0. The fourth-order valence-electron chi connectivity index (χ4n) is 1.72. The number of carbonyl (C=O) groups is 1. The molecule has 0 amide bonds. The molecule has 0 saturated carbocycles. The number of hydrogen-bond donors (Lipinski definition) is 2. The van der Waals surface area contributed by atoms with Crippen molar-refractivity contribution in [2.45, 2.75) is 6.54 Å². The fraction of sp³-hybridized carbons (Fsp3) is 0.0667. The number of halogens is 1. The van der Waals surface area contributed by atoms with Gasteiger partial charge in [0, 0.05) is 11.6 Å². The molecule has 0 heterocycles. The van der Waals surface area contributed by atoms with E-state index < -0.39 is 5.97 Å². The molecule has 0 aliphatic carbocycles. The van der Waals surface area contributed by atoms with Crippen LogP contribution in [0.3, 0.4) is 0 Å². The number of rotatable bonds is 4. The van der Waals surface area contributed by atoms with Crippen molar-refractivity contribution in [1.29, 1.82) is 5.26 Å². The fourth-order valence-corrected chi connectivity index (χ4v) is 1.89. The molecule has 2 aromatic carbocycles. The van der Waals surface area contributed by atoms with E-state index in [4.69, 9.17) is 22.0 Å². The Labute approximate surface area is 121 Å². The van der Waals surface area contributed by atoms with Gasteiger partial charge < -0.3 is 10.4 Å². The SMILES string of the molecule is N#Cc1ccc(Cl)cc1NCc1ccc(C(=O)O)cc1. The highest BCUT2D eigenvalue weighted by molar-refractivity contribution is 6.30. The Kier molecular flexibility index (Phi) is 4.24. The molecule has 5 heteroatoms. The maximum absolute atomic E-state index is 10.7. The Morgan fingerprint density at radius 3 is 2.55 bits per heavy atom. The second-order valence-corrected chi connectivity index (χ2v) is 4.59. The van der Waals surface area contributed by atoms with Crippen molar-refractivity contribution < 1.29 is 9.90 Å². The first-order chi connectivity index (χ1) is 9.60. The molecule has 20 heavy (non-hydrogen) atoms. The van der Waals surface area contributed by atoms with Gasteiger partial charge in [-0.1, -0.05) is 23.7 Å². The van der Waals surface area contributed by atoms with Gasteiger partial charge in [0.15, 0.2) is 0 Å². The maximum Gasteiger partial charge on any atom is 0.335 e. The molecule has 2 N–H and O–H groups in total. The van der Waals surface area contributed by atoms with Crippen LogP contribution in [0.5, 0.6) is 0 Å². The minimum atomic E-state index is -0.953. The van der Waals surface area contributed by atoms with Gasteiger partial charge in [-0.25, -0.2) is 4.79 Å². The van der Waals surface area contributed by atoms with Crippen molar-refractivity contribution in [2.75, 3.05) is 5.32 Å². The molecule has 0 aliphatic rings. The number of benzene rings is 2. The summed E-state index contributed by atoms with van der Waals surface area (Å²) in [6.45, 7) is 0.481. The van der Waals surface area contributed by atoms with E-state index in [0.29, 0.717) is 22.8 Å². The second kappa shape index (κ2) is 6.09. The Morgan fingerprint density at radius 1 is 1.25 bits per heavy atom. The molecule has 100 valence electrons. The van der Waals surface area contributed by atoms with Crippen molar-refractivity contribution in [3.8, 4) is 6.07 Å². The summed E-state index contributed by atoms with van der Waals surface area (Å²) in [5, 5.41) is 21.5. The molecule has 0 aromatic heterocycles. The number of nitrogens with one attached hydrogen (secondary N) is 1. The minimum absolute atomic E-state index is 0.245. The highest BCUT2D eigenvalue weighted by Gasteiger charge is 2.04. The maximum atomic E-state index is 10.7. The zero-order valence-corrected chi connectivity index (χ0v) is 11.2. The molecule has 0 aliphatic heterocycles. The summed E-state index contributed by atoms with van der Waals surface area (Å²) in [5.41, 5.74) is 2.33. The molecule has 0 fully saturated rings. The average Bonchev–Trinajstić information content (AvgIpc) is 2.45. The topological polar surface area (TPSA) is 73.1 Å². The van der Waals surface area contributed by atoms with E-state index >= 15 is 0 Å². The van der Waals surface area contributed by atoms with E-state index in [0.717, 1.165) is 5.56 Å². The largest absolute Gasteiger partial charge is 0.478 e. The predicted octanol–water partition coefficient (Wildman–Crippen LogP) is 3.52. The van der Waals surface area contributed by atoms with Crippen molar-refractivity contribution in [3.63, 3.8) is 0 Å². The van der Waals surface area contributed by atoms with E-state index in [-0.39, 0.29) is 5.56 Å². The number of aromatic carboxylic acids is 1. The standard InChI is InChI=1S/C15H11ClN2O2/c16-13-6-5-12(8-17)14(7-13)18-9-10-1-3-11(4-2-10)15(19)20/h1-7,18H,9H2,(H,19,20). The van der Waals surface area contributed by atoms with Crippen LogP contribution in [0.1, 0.15) is 21.5 Å². The monoisotopic (exact) mass is 286 g/mol. The number of nitriles is 1. The summed E-state index contributed by atoms with van der Waals surface area (Å²) in [4.78, 5) is 10.7. The van der Waals surface area contributed by atoms with Crippen molar-refractivity contribution >= 4 is 23.3 Å². The van der Waals surface area contributed by atoms with E-state index in [2.05, 4.69) is 11.4 Å². The van der Waals surface area contributed by atoms with Crippen LogP contribution in [0.25, 0.3) is 0 Å². The highest BCUT2D eigenvalue weighted by atomic mass is 35.5. The molecule has 0 radical (unpaired) electrons. The molecular formula is C15H11ClN2O2. The van der Waals surface area contributed by atoms with Crippen LogP contribution in [0.4, 0.5) is 5.69 Å². The quantitative estimate of drug-likeness (QED) is 0.902. The van der Waals surface area contributed by atoms with Gasteiger partial charge >= 0.3 is 5.97 Å². The van der Waals surface area contributed by atoms with Gasteiger partial charge in [-0.15, -0.1) is 0 Å². The number of anilines is 1. The molecule has 0 bridgehead atoms. The predicted molar refractivity (Wildman–Crippen MR) is 76.9 cm³/mol. The first-order valence-corrected chi connectivity index (χ1v) is 6.23. The van der Waals surface area contributed by atoms with Gasteiger partial charge in [0.25, 0.3) is 0 Å². The van der Waals surface area contributed by atoms with Crippen LogP contribution in [0, 0.1) is 11.3 Å². The molecule has 0 unspecified atom stereocenters. The van der Waals surface area contributed by atoms with Crippen LogP contribution in [0.15, 0.2) is 42.5 Å². The van der Waals surface area contributed by atoms with Crippen molar-refractivity contribution in [1.82, 2.24) is 0 Å². The van der Waals surface area contributed by atoms with Gasteiger partial charge in [0.2, 0.25) is 0 Å². The molecule has 0 atom stereocenters. The smallest absolute Gasteiger partial charge is 0.335 e. The van der Waals surface area contributed by atoms with Crippen LogP contribution < -0.4 is 5.32 Å². The van der Waals surface area contributed by atoms with Gasteiger partial charge in [0.1, 0.15) is 6.07 Å². The van der Waals surface area contributed by atoms with E-state index in [1.54, 1.807) is 42.5 Å². The zero-order valence-electron chi connectivity index (χ0n) is 10.4. The third kappa shape index (κ3) is 3.28. The summed E-state index contributed by atoms with van der Waals surface area (Å²) >= 11 is 5.90. The third-order valence-corrected chi connectivity index (χ3v) is 3.02. The summed E-state index contributed by atoms with van der Waals surface area (Å²) in [6, 6.07) is 13.6. The third-order valence-electron chi connectivity index (χ3n) is 2.79. The van der Waals surface area contributed by atoms with E-state index in [1.165, 1.54) is 0 Å². The first kappa shape index (κ1) is 13.9. The molecule has 2 rings (SSSR count). The van der Waals surface area contributed by atoms with Crippen LogP contribution in [-0.4, -0.2) is 11.1 Å². The number of carboxylic acid groups (broad SMARTS) is 1. The number of carboxylic acids is 1.